The van der Waals surface area contributed by atoms with Gasteiger partial charge in [-0.05, 0) is 24.3 Å². The third kappa shape index (κ3) is 0.963. The fourth-order valence-corrected chi connectivity index (χ4v) is 1.16. The molecule has 2 heteroatoms. The molecule has 0 unspecified atom stereocenters. The molecule has 2 aromatic rings. The Morgan fingerprint density at radius 2 is 2.18 bits per heavy atom. The quantitative estimate of drug-likeness (QED) is 0.616. The van der Waals surface area contributed by atoms with Crippen LogP contribution in [0.25, 0.3) is 10.9 Å². The summed E-state index contributed by atoms with van der Waals surface area (Å²) in [6, 6.07) is 7.98. The first-order chi connectivity index (χ1) is 5.40. The van der Waals surface area contributed by atoms with E-state index in [1.54, 1.807) is 7.11 Å². The molecule has 0 amide bonds. The average Bonchev–Trinajstić information content (AvgIpc) is 2.50. The second kappa shape index (κ2) is 2.31. The average molecular weight is 148 g/mol. The SMILES string of the molecule is [13CH3]Oc1ccc2[nH]ccc2c1. The minimum absolute atomic E-state index is 0.900. The number of aromatic nitrogens is 1. The molecule has 0 bridgehead atoms. The monoisotopic (exact) mass is 148 g/mol. The Hall–Kier alpha value is -1.44. The normalized spacial score (nSPS) is 10.3. The number of benzene rings is 1. The van der Waals surface area contributed by atoms with Gasteiger partial charge in [0.2, 0.25) is 0 Å². The molecule has 11 heavy (non-hydrogen) atoms. The summed E-state index contributed by atoms with van der Waals surface area (Å²) in [6.07, 6.45) is 1.92. The van der Waals surface area contributed by atoms with Crippen molar-refractivity contribution in [3.05, 3.63) is 30.5 Å². The Morgan fingerprint density at radius 3 is 3.00 bits per heavy atom. The van der Waals surface area contributed by atoms with Gasteiger partial charge in [0.05, 0.1) is 7.11 Å². The second-order valence-electron chi connectivity index (χ2n) is 2.43. The molecule has 2 nitrogen and oxygen atoms in total. The van der Waals surface area contributed by atoms with E-state index in [-0.39, 0.29) is 0 Å². The molecule has 1 aromatic carbocycles. The van der Waals surface area contributed by atoms with Gasteiger partial charge in [-0.1, -0.05) is 0 Å². The molecule has 0 saturated carbocycles. The maximum absolute atomic E-state index is 5.08. The number of rotatable bonds is 1. The van der Waals surface area contributed by atoms with Crippen LogP contribution < -0.4 is 4.74 Å². The van der Waals surface area contributed by atoms with E-state index in [4.69, 9.17) is 4.74 Å². The lowest BCUT2D eigenvalue weighted by molar-refractivity contribution is 0.415. The Kier molecular flexibility index (Phi) is 1.32. The first-order valence-corrected chi connectivity index (χ1v) is 3.51. The number of aromatic amines is 1. The van der Waals surface area contributed by atoms with Gasteiger partial charge in [-0.15, -0.1) is 0 Å². The van der Waals surface area contributed by atoms with Gasteiger partial charge < -0.3 is 9.72 Å². The van der Waals surface area contributed by atoms with Gasteiger partial charge in [-0.25, -0.2) is 0 Å². The van der Waals surface area contributed by atoms with Crippen LogP contribution in [0.3, 0.4) is 0 Å². The Morgan fingerprint density at radius 1 is 1.27 bits per heavy atom. The van der Waals surface area contributed by atoms with Crippen molar-refractivity contribution >= 4 is 10.9 Å². The van der Waals surface area contributed by atoms with Crippen LogP contribution in [0.1, 0.15) is 0 Å². The number of fused-ring (bicyclic) bond motifs is 1. The highest BCUT2D eigenvalue weighted by Crippen LogP contribution is 2.18. The highest BCUT2D eigenvalue weighted by Gasteiger charge is 1.94. The first-order valence-electron chi connectivity index (χ1n) is 3.51. The Balaban J connectivity index is 2.67. The molecule has 0 saturated heterocycles. The van der Waals surface area contributed by atoms with Crippen LogP contribution in [0.5, 0.6) is 5.75 Å². The molecule has 0 fully saturated rings. The van der Waals surface area contributed by atoms with Crippen molar-refractivity contribution in [2.45, 2.75) is 0 Å². The molecule has 1 N–H and O–H groups in total. The van der Waals surface area contributed by atoms with E-state index in [0.717, 1.165) is 11.3 Å². The van der Waals surface area contributed by atoms with Crippen molar-refractivity contribution in [2.24, 2.45) is 0 Å². The van der Waals surface area contributed by atoms with E-state index in [0.29, 0.717) is 0 Å². The molecule has 0 radical (unpaired) electrons. The molecule has 0 spiro atoms. The van der Waals surface area contributed by atoms with Crippen LogP contribution in [0.15, 0.2) is 30.5 Å². The third-order valence-corrected chi connectivity index (χ3v) is 1.76. The zero-order valence-corrected chi connectivity index (χ0v) is 6.29. The zero-order chi connectivity index (χ0) is 7.68. The van der Waals surface area contributed by atoms with Gasteiger partial charge in [-0.2, -0.15) is 0 Å². The van der Waals surface area contributed by atoms with E-state index in [1.165, 1.54) is 5.39 Å². The van der Waals surface area contributed by atoms with E-state index in [1.807, 2.05) is 30.5 Å². The topological polar surface area (TPSA) is 25.0 Å². The van der Waals surface area contributed by atoms with Crippen LogP contribution in [0.4, 0.5) is 0 Å². The summed E-state index contributed by atoms with van der Waals surface area (Å²) in [5.74, 6) is 0.900. The van der Waals surface area contributed by atoms with Gasteiger partial charge in [0, 0.05) is 17.1 Å². The number of ether oxygens (including phenoxy) is 1. The molecular weight excluding hydrogens is 139 g/mol. The van der Waals surface area contributed by atoms with Crippen LogP contribution in [-0.2, 0) is 0 Å². The van der Waals surface area contributed by atoms with Crippen LogP contribution in [0.2, 0.25) is 0 Å². The molecule has 0 aliphatic rings. The predicted octanol–water partition coefficient (Wildman–Crippen LogP) is 2.18. The van der Waals surface area contributed by atoms with Crippen molar-refractivity contribution in [3.8, 4) is 5.75 Å². The van der Waals surface area contributed by atoms with Gasteiger partial charge >= 0.3 is 0 Å². The van der Waals surface area contributed by atoms with E-state index >= 15 is 0 Å². The summed E-state index contributed by atoms with van der Waals surface area (Å²) in [5.41, 5.74) is 1.14. The Labute approximate surface area is 64.8 Å². The summed E-state index contributed by atoms with van der Waals surface area (Å²) in [6.45, 7) is 0. The van der Waals surface area contributed by atoms with Gasteiger partial charge in [0.25, 0.3) is 0 Å². The highest BCUT2D eigenvalue weighted by molar-refractivity contribution is 5.80. The smallest absolute Gasteiger partial charge is 0.119 e. The standard InChI is InChI=1S/C9H9NO/c1-11-8-2-3-9-7(6-8)4-5-10-9/h2-6,10H,1H3/i1+1. The summed E-state index contributed by atoms with van der Waals surface area (Å²) in [7, 11) is 1.67. The second-order valence-corrected chi connectivity index (χ2v) is 2.43. The van der Waals surface area contributed by atoms with Crippen molar-refractivity contribution in [3.63, 3.8) is 0 Å². The lowest BCUT2D eigenvalue weighted by Crippen LogP contribution is -1.80. The van der Waals surface area contributed by atoms with Crippen molar-refractivity contribution in [1.82, 2.24) is 4.98 Å². The molecule has 1 heterocycles. The maximum atomic E-state index is 5.08. The summed E-state index contributed by atoms with van der Waals surface area (Å²) in [5, 5.41) is 1.18. The summed E-state index contributed by atoms with van der Waals surface area (Å²) in [4.78, 5) is 3.12. The molecular formula is C9H9NO. The Bertz CT molecular complexity index is 364. The largest absolute Gasteiger partial charge is 0.497 e. The van der Waals surface area contributed by atoms with Gasteiger partial charge in [-0.3, -0.25) is 0 Å². The number of hydrogen-bond donors (Lipinski definition) is 1. The molecule has 56 valence electrons. The fourth-order valence-electron chi connectivity index (χ4n) is 1.16. The third-order valence-electron chi connectivity index (χ3n) is 1.76. The van der Waals surface area contributed by atoms with Crippen molar-refractivity contribution in [1.29, 1.82) is 0 Å². The van der Waals surface area contributed by atoms with Crippen LogP contribution in [0, 0.1) is 0 Å². The fraction of sp³-hybridized carbons (Fsp3) is 0.111. The van der Waals surface area contributed by atoms with Crippen molar-refractivity contribution < 1.29 is 4.74 Å². The molecule has 0 aliphatic heterocycles. The van der Waals surface area contributed by atoms with E-state index < -0.39 is 0 Å². The molecule has 1 aromatic heterocycles. The van der Waals surface area contributed by atoms with E-state index in [2.05, 4.69) is 4.98 Å². The van der Waals surface area contributed by atoms with Gasteiger partial charge in [0.1, 0.15) is 5.75 Å². The number of methoxy groups -OCH3 is 1. The van der Waals surface area contributed by atoms with Crippen LogP contribution in [-0.4, -0.2) is 12.1 Å². The van der Waals surface area contributed by atoms with Crippen molar-refractivity contribution in [2.75, 3.05) is 7.11 Å². The number of H-pyrrole nitrogens is 1. The number of nitrogens with one attached hydrogen (secondary N) is 1. The lowest BCUT2D eigenvalue weighted by Gasteiger charge is -1.97. The highest BCUT2D eigenvalue weighted by atomic mass is 16.5. The zero-order valence-electron chi connectivity index (χ0n) is 6.29. The minimum Gasteiger partial charge on any atom is -0.497 e. The lowest BCUT2D eigenvalue weighted by atomic mass is 10.2. The molecule has 2 rings (SSSR count). The van der Waals surface area contributed by atoms with E-state index in [9.17, 15) is 0 Å². The van der Waals surface area contributed by atoms with Crippen LogP contribution >= 0.6 is 0 Å². The molecule has 0 atom stereocenters. The summed E-state index contributed by atoms with van der Waals surface area (Å²) < 4.78 is 5.08. The first kappa shape index (κ1) is 6.28. The number of hydrogen-bond acceptors (Lipinski definition) is 1. The predicted molar refractivity (Wildman–Crippen MR) is 44.9 cm³/mol. The van der Waals surface area contributed by atoms with Gasteiger partial charge in [0.15, 0.2) is 0 Å². The molecule has 0 aliphatic carbocycles. The summed E-state index contributed by atoms with van der Waals surface area (Å²) >= 11 is 0. The maximum Gasteiger partial charge on any atom is 0.119 e. The minimum atomic E-state index is 0.900.